The Morgan fingerprint density at radius 2 is 1.08 bits per heavy atom. The molecule has 0 aromatic rings. The minimum Gasteiger partial charge on any atom is -0.456 e. The third kappa shape index (κ3) is 3.82. The predicted molar refractivity (Wildman–Crippen MR) is 109 cm³/mol. The molecule has 5 unspecified atom stereocenters. The van der Waals surface area contributed by atoms with E-state index in [-0.39, 0.29) is 12.5 Å². The number of aliphatic hydroxyl groups is 3. The van der Waals surface area contributed by atoms with Gasteiger partial charge >= 0.3 is 24.5 Å². The van der Waals surface area contributed by atoms with Crippen LogP contribution in [0.2, 0.25) is 0 Å². The summed E-state index contributed by atoms with van der Waals surface area (Å²) in [5, 5.41) is 32.5. The molecule has 37 heavy (non-hydrogen) atoms. The molecule has 4 saturated carbocycles. The lowest BCUT2D eigenvalue weighted by Crippen LogP contribution is -2.81. The summed E-state index contributed by atoms with van der Waals surface area (Å²) in [6.07, 6.45) is -24.8. The number of alkyl halides is 9. The highest BCUT2D eigenvalue weighted by Gasteiger charge is 2.88. The standard InChI is InChI=1S/C23H29F9O5/c1-12(2)13(33)37-19-9-16(14(3,4)34)6-17(10-19,15(5,35)21(24,25)26)8-18(7-16,11-19)20(36,22(27,28)29)23(30,31)32/h34-36H,1,6-11H2,2-5H3. The Hall–Kier alpha value is -1.54. The Kier molecular flexibility index (Phi) is 6.13. The molecule has 5 atom stereocenters. The molecule has 4 bridgehead atoms. The van der Waals surface area contributed by atoms with E-state index >= 15 is 0 Å². The Bertz CT molecular complexity index is 979. The van der Waals surface area contributed by atoms with Crippen molar-refractivity contribution in [3.8, 4) is 0 Å². The fourth-order valence-corrected chi connectivity index (χ4v) is 7.55. The van der Waals surface area contributed by atoms with Crippen LogP contribution in [0, 0.1) is 16.2 Å². The first-order valence-corrected chi connectivity index (χ1v) is 11.3. The minimum absolute atomic E-state index is 0.237. The van der Waals surface area contributed by atoms with E-state index in [9.17, 15) is 59.6 Å². The Balaban J connectivity index is 2.48. The lowest BCUT2D eigenvalue weighted by Gasteiger charge is -2.75. The average Bonchev–Trinajstić information content (AvgIpc) is 2.62. The molecule has 0 aromatic heterocycles. The molecule has 0 aliphatic heterocycles. The van der Waals surface area contributed by atoms with Crippen molar-refractivity contribution in [1.82, 2.24) is 0 Å². The number of hydrogen-bond donors (Lipinski definition) is 3. The second-order valence-electron chi connectivity index (χ2n) is 12.1. The summed E-state index contributed by atoms with van der Waals surface area (Å²) < 4.78 is 134. The van der Waals surface area contributed by atoms with Crippen molar-refractivity contribution in [3.63, 3.8) is 0 Å². The number of carbonyl (C=O) groups excluding carboxylic acids is 1. The molecule has 3 N–H and O–H groups in total. The van der Waals surface area contributed by atoms with Gasteiger partial charge in [0.15, 0.2) is 5.60 Å². The van der Waals surface area contributed by atoms with E-state index in [1.54, 1.807) is 0 Å². The molecule has 14 heteroatoms. The van der Waals surface area contributed by atoms with Crippen LogP contribution >= 0.6 is 0 Å². The van der Waals surface area contributed by atoms with Crippen LogP contribution in [0.15, 0.2) is 12.2 Å². The van der Waals surface area contributed by atoms with Crippen LogP contribution in [0.5, 0.6) is 0 Å². The lowest BCUT2D eigenvalue weighted by molar-refractivity contribution is -0.447. The molecule has 4 aliphatic rings. The molecule has 5 nitrogen and oxygen atoms in total. The second kappa shape index (κ2) is 7.56. The summed E-state index contributed by atoms with van der Waals surface area (Å²) in [5.74, 6) is -1.28. The van der Waals surface area contributed by atoms with Gasteiger partial charge in [0.25, 0.3) is 5.60 Å². The lowest BCUT2D eigenvalue weighted by atomic mass is 9.31. The van der Waals surface area contributed by atoms with Crippen molar-refractivity contribution >= 4 is 5.97 Å². The maximum Gasteiger partial charge on any atom is 0.426 e. The molecule has 0 saturated heterocycles. The van der Waals surface area contributed by atoms with Gasteiger partial charge in [-0.2, -0.15) is 39.5 Å². The highest BCUT2D eigenvalue weighted by molar-refractivity contribution is 5.87. The molecule has 4 fully saturated rings. The van der Waals surface area contributed by atoms with E-state index in [0.717, 1.165) is 20.8 Å². The second-order valence-corrected chi connectivity index (χ2v) is 12.1. The summed E-state index contributed by atoms with van der Waals surface area (Å²) in [6, 6.07) is 0. The molecule has 214 valence electrons. The van der Waals surface area contributed by atoms with Crippen molar-refractivity contribution in [1.29, 1.82) is 0 Å². The van der Waals surface area contributed by atoms with E-state index in [4.69, 9.17) is 4.74 Å². The first kappa shape index (κ1) is 30.0. The molecule has 4 aliphatic carbocycles. The molecule has 0 spiro atoms. The minimum atomic E-state index is -6.43. The van der Waals surface area contributed by atoms with Crippen LogP contribution in [0.25, 0.3) is 0 Å². The fourth-order valence-electron chi connectivity index (χ4n) is 7.55. The SMILES string of the molecule is C=C(C)C(=O)OC12CC3(C(C)(C)O)CC(C(C)(O)C(F)(F)F)(C1)CC(C(O)(C(F)(F)F)C(F)(F)F)(C2)C3. The van der Waals surface area contributed by atoms with E-state index in [1.807, 2.05) is 0 Å². The summed E-state index contributed by atoms with van der Waals surface area (Å²) in [4.78, 5) is 12.5. The molecular weight excluding hydrogens is 527 g/mol. The topological polar surface area (TPSA) is 87.0 Å². The van der Waals surface area contributed by atoms with Crippen LogP contribution in [-0.4, -0.2) is 62.2 Å². The van der Waals surface area contributed by atoms with Gasteiger partial charge in [0.2, 0.25) is 0 Å². The first-order chi connectivity index (χ1) is 16.1. The molecule has 0 aromatic carbocycles. The van der Waals surface area contributed by atoms with Crippen LogP contribution in [0.4, 0.5) is 39.5 Å². The van der Waals surface area contributed by atoms with E-state index in [2.05, 4.69) is 6.58 Å². The van der Waals surface area contributed by atoms with Crippen molar-refractivity contribution in [2.75, 3.05) is 0 Å². The highest BCUT2D eigenvalue weighted by atomic mass is 19.4. The molecule has 0 radical (unpaired) electrons. The van der Waals surface area contributed by atoms with Crippen LogP contribution < -0.4 is 0 Å². The quantitative estimate of drug-likeness (QED) is 0.249. The molecular formula is C23H29F9O5. The van der Waals surface area contributed by atoms with E-state index < -0.39 is 102 Å². The maximum absolute atomic E-state index is 14.3. The predicted octanol–water partition coefficient (Wildman–Crippen LogP) is 5.13. The monoisotopic (exact) mass is 556 g/mol. The van der Waals surface area contributed by atoms with Gasteiger partial charge in [-0.3, -0.25) is 0 Å². The third-order valence-electron chi connectivity index (χ3n) is 9.14. The summed E-state index contributed by atoms with van der Waals surface area (Å²) in [5.41, 5.74) is -22.8. The Morgan fingerprint density at radius 1 is 0.703 bits per heavy atom. The van der Waals surface area contributed by atoms with Gasteiger partial charge in [0.05, 0.1) is 5.60 Å². The van der Waals surface area contributed by atoms with Gasteiger partial charge < -0.3 is 20.1 Å². The fraction of sp³-hybridized carbons (Fsp3) is 0.870. The maximum atomic E-state index is 14.3. The van der Waals surface area contributed by atoms with Gasteiger partial charge in [-0.05, 0) is 66.2 Å². The molecule has 0 heterocycles. The number of esters is 1. The van der Waals surface area contributed by atoms with Gasteiger partial charge in [0.1, 0.15) is 5.60 Å². The Morgan fingerprint density at radius 3 is 1.46 bits per heavy atom. The number of hydrogen-bond acceptors (Lipinski definition) is 5. The largest absolute Gasteiger partial charge is 0.456 e. The third-order valence-corrected chi connectivity index (χ3v) is 9.14. The zero-order chi connectivity index (χ0) is 29.1. The number of halogens is 9. The number of ether oxygens (including phenoxy) is 1. The van der Waals surface area contributed by atoms with Crippen LogP contribution in [-0.2, 0) is 9.53 Å². The molecule has 0 amide bonds. The average molecular weight is 556 g/mol. The summed E-state index contributed by atoms with van der Waals surface area (Å²) >= 11 is 0. The van der Waals surface area contributed by atoms with Crippen molar-refractivity contribution in [3.05, 3.63) is 12.2 Å². The van der Waals surface area contributed by atoms with Crippen molar-refractivity contribution < 1.29 is 64.4 Å². The van der Waals surface area contributed by atoms with E-state index in [1.165, 1.54) is 0 Å². The number of rotatable bonds is 5. The van der Waals surface area contributed by atoms with Crippen molar-refractivity contribution in [2.24, 2.45) is 16.2 Å². The summed E-state index contributed by atoms with van der Waals surface area (Å²) in [6.45, 7) is 6.69. The highest BCUT2D eigenvalue weighted by Crippen LogP contribution is 2.80. The number of carbonyl (C=O) groups is 1. The molecule has 4 rings (SSSR count). The summed E-state index contributed by atoms with van der Waals surface area (Å²) in [7, 11) is 0. The van der Waals surface area contributed by atoms with Crippen LogP contribution in [0.1, 0.15) is 66.2 Å². The van der Waals surface area contributed by atoms with Gasteiger partial charge in [-0.1, -0.05) is 6.58 Å². The van der Waals surface area contributed by atoms with Crippen molar-refractivity contribution in [2.45, 2.75) is 107 Å². The van der Waals surface area contributed by atoms with Gasteiger partial charge in [-0.25, -0.2) is 4.79 Å². The van der Waals surface area contributed by atoms with E-state index in [0.29, 0.717) is 0 Å². The Labute approximate surface area is 206 Å². The zero-order valence-corrected chi connectivity index (χ0v) is 20.5. The van der Waals surface area contributed by atoms with Gasteiger partial charge in [-0.15, -0.1) is 0 Å². The van der Waals surface area contributed by atoms with Crippen LogP contribution in [0.3, 0.4) is 0 Å². The normalized spacial score (nSPS) is 36.3. The first-order valence-electron chi connectivity index (χ1n) is 11.3. The zero-order valence-electron chi connectivity index (χ0n) is 20.5. The van der Waals surface area contributed by atoms with Gasteiger partial charge in [0, 0.05) is 21.8 Å². The smallest absolute Gasteiger partial charge is 0.426 e.